The molecule has 2 N–H and O–H groups in total. The first-order chi connectivity index (χ1) is 12.8. The first kappa shape index (κ1) is 24.9. The van der Waals surface area contributed by atoms with E-state index in [-0.39, 0.29) is 24.0 Å². The van der Waals surface area contributed by atoms with E-state index >= 15 is 0 Å². The van der Waals surface area contributed by atoms with Crippen LogP contribution in [0.1, 0.15) is 52.4 Å². The smallest absolute Gasteiger partial charge is 0.191 e. The van der Waals surface area contributed by atoms with E-state index in [2.05, 4.69) is 34.4 Å². The zero-order valence-electron chi connectivity index (χ0n) is 17.4. The molecule has 2 rings (SSSR count). The van der Waals surface area contributed by atoms with Crippen molar-refractivity contribution in [2.45, 2.75) is 58.5 Å². The lowest BCUT2D eigenvalue weighted by Gasteiger charge is -2.30. The normalized spacial score (nSPS) is 21.9. The van der Waals surface area contributed by atoms with Crippen LogP contribution in [-0.4, -0.2) is 76.1 Å². The highest BCUT2D eigenvalue weighted by Crippen LogP contribution is 2.16. The molecule has 0 aromatic heterocycles. The molecule has 0 aliphatic carbocycles. The Labute approximate surface area is 183 Å². The van der Waals surface area contributed by atoms with Gasteiger partial charge in [-0.1, -0.05) is 6.92 Å². The van der Waals surface area contributed by atoms with E-state index in [1.165, 1.54) is 45.3 Å². The summed E-state index contributed by atoms with van der Waals surface area (Å²) in [7, 11) is 0. The predicted octanol–water partition coefficient (Wildman–Crippen LogP) is 2.87. The van der Waals surface area contributed by atoms with E-state index in [4.69, 9.17) is 9.47 Å². The van der Waals surface area contributed by atoms with E-state index in [1.54, 1.807) is 0 Å². The second-order valence-electron chi connectivity index (χ2n) is 7.63. The molecule has 2 heterocycles. The fourth-order valence-electron chi connectivity index (χ4n) is 3.44. The number of hydrogen-bond donors (Lipinski definition) is 2. The summed E-state index contributed by atoms with van der Waals surface area (Å²) in [5.41, 5.74) is 0. The topological polar surface area (TPSA) is 58.1 Å². The molecule has 1 atom stereocenters. The Morgan fingerprint density at radius 3 is 2.67 bits per heavy atom. The zero-order valence-corrected chi connectivity index (χ0v) is 19.7. The van der Waals surface area contributed by atoms with Crippen molar-refractivity contribution in [2.75, 3.05) is 59.1 Å². The lowest BCUT2D eigenvalue weighted by Crippen LogP contribution is -2.38. The maximum absolute atomic E-state index is 5.78. The van der Waals surface area contributed by atoms with E-state index in [0.717, 1.165) is 64.2 Å². The van der Waals surface area contributed by atoms with Gasteiger partial charge in [0.05, 0.1) is 12.7 Å². The fraction of sp³-hybridized carbons (Fsp3) is 0.950. The maximum atomic E-state index is 5.78. The summed E-state index contributed by atoms with van der Waals surface area (Å²) < 4.78 is 11.1. The van der Waals surface area contributed by atoms with Crippen molar-refractivity contribution in [1.82, 2.24) is 15.5 Å². The van der Waals surface area contributed by atoms with Crippen molar-refractivity contribution < 1.29 is 9.47 Å². The summed E-state index contributed by atoms with van der Waals surface area (Å²) in [5, 5.41) is 6.78. The summed E-state index contributed by atoms with van der Waals surface area (Å²) >= 11 is 0. The third-order valence-electron chi connectivity index (χ3n) is 5.23. The third-order valence-corrected chi connectivity index (χ3v) is 5.23. The molecular formula is C20H41IN4O2. The van der Waals surface area contributed by atoms with Crippen LogP contribution < -0.4 is 10.6 Å². The second-order valence-corrected chi connectivity index (χ2v) is 7.63. The van der Waals surface area contributed by atoms with Crippen LogP contribution in [0.5, 0.6) is 0 Å². The van der Waals surface area contributed by atoms with Gasteiger partial charge in [0.2, 0.25) is 0 Å². The zero-order chi connectivity index (χ0) is 18.5. The number of ether oxygens (including phenoxy) is 2. The van der Waals surface area contributed by atoms with Crippen LogP contribution in [0.3, 0.4) is 0 Å². The minimum Gasteiger partial charge on any atom is -0.379 e. The number of piperidine rings is 1. The number of guanidine groups is 1. The van der Waals surface area contributed by atoms with Gasteiger partial charge in [0, 0.05) is 32.8 Å². The number of halogens is 1. The van der Waals surface area contributed by atoms with Crippen LogP contribution >= 0.6 is 24.0 Å². The molecule has 0 aromatic carbocycles. The summed E-state index contributed by atoms with van der Waals surface area (Å²) in [4.78, 5) is 7.27. The first-order valence-electron chi connectivity index (χ1n) is 10.7. The van der Waals surface area contributed by atoms with Gasteiger partial charge in [0.15, 0.2) is 5.96 Å². The average Bonchev–Trinajstić information content (AvgIpc) is 3.16. The van der Waals surface area contributed by atoms with Crippen LogP contribution in [0.2, 0.25) is 0 Å². The highest BCUT2D eigenvalue weighted by Gasteiger charge is 2.15. The summed E-state index contributed by atoms with van der Waals surface area (Å²) in [6, 6.07) is 0. The number of hydrogen-bond acceptors (Lipinski definition) is 4. The van der Waals surface area contributed by atoms with Gasteiger partial charge < -0.3 is 25.0 Å². The van der Waals surface area contributed by atoms with Crippen molar-refractivity contribution in [3.8, 4) is 0 Å². The number of aliphatic imine (C=N–C) groups is 1. The van der Waals surface area contributed by atoms with Crippen molar-refractivity contribution >= 4 is 29.9 Å². The summed E-state index contributed by atoms with van der Waals surface area (Å²) in [5.74, 6) is 1.85. The van der Waals surface area contributed by atoms with Crippen LogP contribution in [0.4, 0.5) is 0 Å². The third kappa shape index (κ3) is 11.5. The maximum Gasteiger partial charge on any atom is 0.191 e. The highest BCUT2D eigenvalue weighted by molar-refractivity contribution is 14.0. The Balaban J connectivity index is 0.00000364. The Morgan fingerprint density at radius 2 is 1.96 bits per heavy atom. The molecule has 0 aromatic rings. The van der Waals surface area contributed by atoms with Crippen LogP contribution in [0.25, 0.3) is 0 Å². The fourth-order valence-corrected chi connectivity index (χ4v) is 3.44. The van der Waals surface area contributed by atoms with Gasteiger partial charge in [0.1, 0.15) is 0 Å². The Bertz CT molecular complexity index is 384. The second kappa shape index (κ2) is 15.8. The van der Waals surface area contributed by atoms with Gasteiger partial charge in [-0.2, -0.15) is 0 Å². The Hall–Kier alpha value is -0.120. The predicted molar refractivity (Wildman–Crippen MR) is 123 cm³/mol. The van der Waals surface area contributed by atoms with Crippen molar-refractivity contribution in [2.24, 2.45) is 10.9 Å². The number of rotatable bonds is 11. The standard InChI is InChI=1S/C20H40N4O2.HI/c1-3-21-20(23-11-6-15-26-19-9-16-25-17-19)22-10-4-5-12-24-13-7-18(2)8-14-24;/h18-19H,3-17H2,1-2H3,(H2,21,22,23);1H. The van der Waals surface area contributed by atoms with Gasteiger partial charge in [0.25, 0.3) is 0 Å². The van der Waals surface area contributed by atoms with Crippen molar-refractivity contribution in [1.29, 1.82) is 0 Å². The Morgan fingerprint density at radius 1 is 1.15 bits per heavy atom. The monoisotopic (exact) mass is 496 g/mol. The molecule has 0 radical (unpaired) electrons. The number of unbranched alkanes of at least 4 members (excludes halogenated alkanes) is 1. The van der Waals surface area contributed by atoms with Crippen molar-refractivity contribution in [3.63, 3.8) is 0 Å². The van der Waals surface area contributed by atoms with E-state index in [1.807, 2.05) is 0 Å². The SMILES string of the molecule is CCNC(=NCCCOC1CCOC1)NCCCCN1CCC(C)CC1.I. The molecule has 160 valence electrons. The van der Waals surface area contributed by atoms with E-state index in [9.17, 15) is 0 Å². The largest absolute Gasteiger partial charge is 0.379 e. The van der Waals surface area contributed by atoms with Crippen molar-refractivity contribution in [3.05, 3.63) is 0 Å². The molecule has 1 unspecified atom stereocenters. The van der Waals surface area contributed by atoms with Gasteiger partial charge in [-0.15, -0.1) is 24.0 Å². The molecule has 2 fully saturated rings. The van der Waals surface area contributed by atoms with Crippen LogP contribution in [-0.2, 0) is 9.47 Å². The van der Waals surface area contributed by atoms with Gasteiger partial charge in [-0.3, -0.25) is 4.99 Å². The summed E-state index contributed by atoms with van der Waals surface area (Å²) in [6.45, 7) is 13.3. The minimum absolute atomic E-state index is 0. The molecule has 2 saturated heterocycles. The molecule has 2 aliphatic heterocycles. The van der Waals surface area contributed by atoms with Gasteiger partial charge in [-0.25, -0.2) is 0 Å². The van der Waals surface area contributed by atoms with Gasteiger partial charge in [-0.05, 0) is 71.0 Å². The summed E-state index contributed by atoms with van der Waals surface area (Å²) in [6.07, 6.45) is 7.48. The highest BCUT2D eigenvalue weighted by atomic mass is 127. The Kier molecular flexibility index (Phi) is 14.5. The minimum atomic E-state index is 0. The quantitative estimate of drug-likeness (QED) is 0.200. The molecule has 0 saturated carbocycles. The van der Waals surface area contributed by atoms with Crippen LogP contribution in [0, 0.1) is 5.92 Å². The molecule has 27 heavy (non-hydrogen) atoms. The molecule has 0 amide bonds. The molecule has 2 aliphatic rings. The molecule has 0 bridgehead atoms. The lowest BCUT2D eigenvalue weighted by atomic mass is 9.99. The number of nitrogens with zero attached hydrogens (tertiary/aromatic N) is 2. The van der Waals surface area contributed by atoms with Gasteiger partial charge >= 0.3 is 0 Å². The average molecular weight is 496 g/mol. The lowest BCUT2D eigenvalue weighted by molar-refractivity contribution is 0.0424. The van der Waals surface area contributed by atoms with E-state index < -0.39 is 0 Å². The molecule has 6 nitrogen and oxygen atoms in total. The van der Waals surface area contributed by atoms with E-state index in [0.29, 0.717) is 6.10 Å². The molecule has 0 spiro atoms. The number of nitrogens with one attached hydrogen (secondary N) is 2. The first-order valence-corrected chi connectivity index (χ1v) is 10.7. The van der Waals surface area contributed by atoms with Crippen LogP contribution in [0.15, 0.2) is 4.99 Å². The molecule has 7 heteroatoms. The molecular weight excluding hydrogens is 455 g/mol. The number of likely N-dealkylation sites (tertiary alicyclic amines) is 1.